The lowest BCUT2D eigenvalue weighted by Crippen LogP contribution is -2.67. The van der Waals surface area contributed by atoms with Crippen LogP contribution >= 0.6 is 0 Å². The smallest absolute Gasteiger partial charge is 0.324 e. The Morgan fingerprint density at radius 2 is 1.84 bits per heavy atom. The number of nitrogens with one attached hydrogen (secondary N) is 1. The molecule has 1 spiro atoms. The molecule has 1 aliphatic heterocycles. The van der Waals surface area contributed by atoms with E-state index in [1.807, 2.05) is 20.8 Å². The van der Waals surface area contributed by atoms with Gasteiger partial charge in [-0.25, -0.2) is 0 Å². The van der Waals surface area contributed by atoms with E-state index in [9.17, 15) is 9.59 Å². The molecule has 1 saturated heterocycles. The Balaban J connectivity index is 1.95. The Morgan fingerprint density at radius 3 is 2.21 bits per heavy atom. The summed E-state index contributed by atoms with van der Waals surface area (Å²) in [5, 5.41) is 12.2. The normalized spacial score (nSPS) is 34.7. The van der Waals surface area contributed by atoms with E-state index in [0.29, 0.717) is 12.8 Å². The van der Waals surface area contributed by atoms with Crippen LogP contribution in [0.3, 0.4) is 0 Å². The maximum atomic E-state index is 12.1. The summed E-state index contributed by atoms with van der Waals surface area (Å²) in [5.74, 6) is -1.16. The number of hydrogen-bond acceptors (Lipinski definition) is 4. The van der Waals surface area contributed by atoms with Crippen LogP contribution in [0.5, 0.6) is 0 Å². The van der Waals surface area contributed by atoms with Gasteiger partial charge in [0.05, 0.1) is 5.92 Å². The van der Waals surface area contributed by atoms with Crippen LogP contribution in [0, 0.1) is 11.3 Å². The lowest BCUT2D eigenvalue weighted by Gasteiger charge is -2.52. The van der Waals surface area contributed by atoms with Crippen molar-refractivity contribution >= 4 is 11.9 Å². The first-order chi connectivity index (χ1) is 8.73. The average Bonchev–Trinajstić information content (AvgIpc) is 2.25. The minimum Gasteiger partial charge on any atom is -0.481 e. The molecule has 2 aliphatic rings. The summed E-state index contributed by atoms with van der Waals surface area (Å²) in [4.78, 5) is 23.1. The molecule has 2 N–H and O–H groups in total. The number of ether oxygens (including phenoxy) is 1. The van der Waals surface area contributed by atoms with Gasteiger partial charge in [0.2, 0.25) is 0 Å². The van der Waals surface area contributed by atoms with Crippen molar-refractivity contribution in [2.75, 3.05) is 6.54 Å². The number of esters is 1. The third kappa shape index (κ3) is 2.91. The second kappa shape index (κ2) is 4.78. The maximum Gasteiger partial charge on any atom is 0.324 e. The van der Waals surface area contributed by atoms with Gasteiger partial charge in [0.15, 0.2) is 0 Å². The summed E-state index contributed by atoms with van der Waals surface area (Å²) in [6.07, 6.45) is 2.91. The molecular weight excluding hydrogens is 246 g/mol. The average molecular weight is 269 g/mol. The summed E-state index contributed by atoms with van der Waals surface area (Å²) < 4.78 is 5.43. The molecule has 1 heterocycles. The zero-order valence-corrected chi connectivity index (χ0v) is 11.9. The van der Waals surface area contributed by atoms with Crippen LogP contribution in [0.2, 0.25) is 0 Å². The van der Waals surface area contributed by atoms with Crippen LogP contribution < -0.4 is 5.32 Å². The third-order valence-electron chi connectivity index (χ3n) is 4.24. The lowest BCUT2D eigenvalue weighted by molar-refractivity contribution is -0.168. The molecule has 108 valence electrons. The predicted octanol–water partition coefficient (Wildman–Crippen LogP) is 1.56. The molecule has 0 bridgehead atoms. The molecule has 5 heteroatoms. The number of hydrogen-bond donors (Lipinski definition) is 2. The van der Waals surface area contributed by atoms with E-state index in [4.69, 9.17) is 9.84 Å². The van der Waals surface area contributed by atoms with Crippen molar-refractivity contribution in [3.63, 3.8) is 0 Å². The fourth-order valence-electron chi connectivity index (χ4n) is 3.09. The molecule has 0 aromatic heterocycles. The summed E-state index contributed by atoms with van der Waals surface area (Å²) in [6, 6.07) is -0.263. The third-order valence-corrected chi connectivity index (χ3v) is 4.24. The van der Waals surface area contributed by atoms with Gasteiger partial charge in [0.25, 0.3) is 0 Å². The van der Waals surface area contributed by atoms with Gasteiger partial charge < -0.3 is 15.2 Å². The first-order valence-electron chi connectivity index (χ1n) is 6.93. The van der Waals surface area contributed by atoms with E-state index in [0.717, 1.165) is 19.4 Å². The van der Waals surface area contributed by atoms with Crippen LogP contribution in [0.1, 0.15) is 46.5 Å². The Kier molecular flexibility index (Phi) is 3.60. The van der Waals surface area contributed by atoms with Crippen molar-refractivity contribution in [3.05, 3.63) is 0 Å². The van der Waals surface area contributed by atoms with Gasteiger partial charge in [-0.1, -0.05) is 0 Å². The van der Waals surface area contributed by atoms with E-state index in [-0.39, 0.29) is 23.3 Å². The molecule has 1 saturated carbocycles. The zero-order chi connectivity index (χ0) is 14.3. The standard InChI is InChI=1S/C14H23NO4/c1-13(2,3)19-12(18)10-14(8-15-10)6-4-9(5-7-14)11(16)17/h9-10,15H,4-8H2,1-3H3,(H,16,17). The SMILES string of the molecule is CC(C)(C)OC(=O)C1NCC12CCC(C(=O)O)CC2. The molecular formula is C14H23NO4. The number of carboxylic acids is 1. The van der Waals surface area contributed by atoms with Gasteiger partial charge in [-0.05, 0) is 46.5 Å². The number of rotatable bonds is 2. The molecule has 19 heavy (non-hydrogen) atoms. The monoisotopic (exact) mass is 269 g/mol. The van der Waals surface area contributed by atoms with Gasteiger partial charge in [-0.15, -0.1) is 0 Å². The molecule has 0 amide bonds. The summed E-state index contributed by atoms with van der Waals surface area (Å²) in [6.45, 7) is 6.37. The van der Waals surface area contributed by atoms with Crippen LogP contribution in [0.4, 0.5) is 0 Å². The Hall–Kier alpha value is -1.10. The number of aliphatic carboxylic acids is 1. The van der Waals surface area contributed by atoms with E-state index in [1.165, 1.54) is 0 Å². The fourth-order valence-corrected chi connectivity index (χ4v) is 3.09. The summed E-state index contributed by atoms with van der Waals surface area (Å²) in [7, 11) is 0. The molecule has 0 aromatic rings. The van der Waals surface area contributed by atoms with E-state index < -0.39 is 11.6 Å². The quantitative estimate of drug-likeness (QED) is 0.744. The molecule has 5 nitrogen and oxygen atoms in total. The van der Waals surface area contributed by atoms with Crippen LogP contribution in [-0.4, -0.2) is 35.2 Å². The van der Waals surface area contributed by atoms with Gasteiger partial charge in [-0.2, -0.15) is 0 Å². The Morgan fingerprint density at radius 1 is 1.26 bits per heavy atom. The first-order valence-corrected chi connectivity index (χ1v) is 6.93. The first kappa shape index (κ1) is 14.3. The molecule has 2 fully saturated rings. The fraction of sp³-hybridized carbons (Fsp3) is 0.857. The van der Waals surface area contributed by atoms with Crippen LogP contribution in [0.25, 0.3) is 0 Å². The predicted molar refractivity (Wildman–Crippen MR) is 69.7 cm³/mol. The highest BCUT2D eigenvalue weighted by Crippen LogP contribution is 2.46. The number of carbonyl (C=O) groups excluding carboxylic acids is 1. The minimum absolute atomic E-state index is 0.0751. The Labute approximate surface area is 113 Å². The van der Waals surface area contributed by atoms with Crippen molar-refractivity contribution in [3.8, 4) is 0 Å². The number of carboxylic acid groups (broad SMARTS) is 1. The molecule has 2 rings (SSSR count). The van der Waals surface area contributed by atoms with Gasteiger partial charge in [0, 0.05) is 12.0 Å². The highest BCUT2D eigenvalue weighted by molar-refractivity contribution is 5.79. The molecule has 1 atom stereocenters. The molecule has 0 aromatic carbocycles. The second-order valence-corrected chi connectivity index (χ2v) is 6.82. The largest absolute Gasteiger partial charge is 0.481 e. The maximum absolute atomic E-state index is 12.1. The van der Waals surface area contributed by atoms with Crippen molar-refractivity contribution in [1.82, 2.24) is 5.32 Å². The van der Waals surface area contributed by atoms with Crippen molar-refractivity contribution < 1.29 is 19.4 Å². The van der Waals surface area contributed by atoms with Crippen LogP contribution in [0.15, 0.2) is 0 Å². The van der Waals surface area contributed by atoms with Crippen molar-refractivity contribution in [2.24, 2.45) is 11.3 Å². The molecule has 1 unspecified atom stereocenters. The van der Waals surface area contributed by atoms with Crippen molar-refractivity contribution in [1.29, 1.82) is 0 Å². The highest BCUT2D eigenvalue weighted by Gasteiger charge is 2.53. The lowest BCUT2D eigenvalue weighted by atomic mass is 9.62. The molecule has 1 aliphatic carbocycles. The van der Waals surface area contributed by atoms with Gasteiger partial charge in [-0.3, -0.25) is 9.59 Å². The number of carbonyl (C=O) groups is 2. The topological polar surface area (TPSA) is 75.6 Å². The van der Waals surface area contributed by atoms with Crippen molar-refractivity contribution in [2.45, 2.75) is 58.1 Å². The Bertz CT molecular complexity index is 377. The van der Waals surface area contributed by atoms with Gasteiger partial charge in [0.1, 0.15) is 11.6 Å². The highest BCUT2D eigenvalue weighted by atomic mass is 16.6. The van der Waals surface area contributed by atoms with E-state index in [2.05, 4.69) is 5.32 Å². The minimum atomic E-state index is -0.712. The zero-order valence-electron chi connectivity index (χ0n) is 11.9. The van der Waals surface area contributed by atoms with Crippen LogP contribution in [-0.2, 0) is 14.3 Å². The van der Waals surface area contributed by atoms with E-state index in [1.54, 1.807) is 0 Å². The molecule has 0 radical (unpaired) electrons. The second-order valence-electron chi connectivity index (χ2n) is 6.82. The van der Waals surface area contributed by atoms with Gasteiger partial charge >= 0.3 is 11.9 Å². The summed E-state index contributed by atoms with van der Waals surface area (Å²) in [5.41, 5.74) is -0.553. The van der Waals surface area contributed by atoms with E-state index >= 15 is 0 Å². The summed E-state index contributed by atoms with van der Waals surface area (Å²) >= 11 is 0.